The van der Waals surface area contributed by atoms with Gasteiger partial charge in [0.1, 0.15) is 0 Å². The van der Waals surface area contributed by atoms with E-state index in [1.54, 1.807) is 6.92 Å². The van der Waals surface area contributed by atoms with Gasteiger partial charge in [-0.25, -0.2) is 19.6 Å². The molecule has 0 atom stereocenters. The Morgan fingerprint density at radius 2 is 1.78 bits per heavy atom. The summed E-state index contributed by atoms with van der Waals surface area (Å²) in [7, 11) is 0. The first-order chi connectivity index (χ1) is 10.9. The molecule has 3 amide bonds. The zero-order valence-electron chi connectivity index (χ0n) is 14.0. The Hall–Kier alpha value is -2.50. The van der Waals surface area contributed by atoms with Crippen LogP contribution in [0.4, 0.5) is 15.3 Å². The van der Waals surface area contributed by atoms with Gasteiger partial charge < -0.3 is 10.1 Å². The number of anilines is 1. The second-order valence-electron chi connectivity index (χ2n) is 5.67. The van der Waals surface area contributed by atoms with Gasteiger partial charge in [-0.1, -0.05) is 23.3 Å². The molecule has 0 saturated heterocycles. The largest absolute Gasteiger partial charge is 0.448 e. The van der Waals surface area contributed by atoms with Gasteiger partial charge in [0.2, 0.25) is 0 Å². The van der Waals surface area contributed by atoms with Crippen molar-refractivity contribution < 1.29 is 14.3 Å². The quantitative estimate of drug-likeness (QED) is 0.849. The van der Waals surface area contributed by atoms with E-state index in [2.05, 4.69) is 5.32 Å². The van der Waals surface area contributed by atoms with Crippen molar-refractivity contribution in [2.75, 3.05) is 25.0 Å². The van der Waals surface area contributed by atoms with Gasteiger partial charge in [-0.3, -0.25) is 0 Å². The fourth-order valence-corrected chi connectivity index (χ4v) is 2.34. The Kier molecular flexibility index (Phi) is 5.26. The number of hydrazine groups is 1. The maximum atomic E-state index is 12.6. The number of nitrogens with one attached hydrogen (secondary N) is 1. The molecule has 0 aliphatic carbocycles. The normalized spacial score (nSPS) is 14.8. The Balaban J connectivity index is 2.19. The maximum absolute atomic E-state index is 12.6. The predicted octanol–water partition coefficient (Wildman–Crippen LogP) is 3.55. The van der Waals surface area contributed by atoms with E-state index in [9.17, 15) is 9.59 Å². The van der Waals surface area contributed by atoms with Crippen molar-refractivity contribution in [3.63, 3.8) is 0 Å². The average molecular weight is 317 g/mol. The standard InChI is InChI=1S/C17H23N3O3/c1-5-23-17(22)20-11-14(4)13(3)10-19(20)16(21)18-15-8-6-7-12(2)9-15/h6-9H,5,10-11H2,1-4H3,(H,18,21). The van der Waals surface area contributed by atoms with Gasteiger partial charge in [0.15, 0.2) is 0 Å². The number of amides is 3. The molecule has 1 aromatic rings. The molecular formula is C17H23N3O3. The summed E-state index contributed by atoms with van der Waals surface area (Å²) >= 11 is 0. The van der Waals surface area contributed by atoms with Gasteiger partial charge in [-0.2, -0.15) is 0 Å². The molecule has 0 radical (unpaired) electrons. The van der Waals surface area contributed by atoms with Crippen LogP contribution in [0.15, 0.2) is 35.4 Å². The maximum Gasteiger partial charge on any atom is 0.429 e. The van der Waals surface area contributed by atoms with Crippen molar-refractivity contribution in [3.8, 4) is 0 Å². The summed E-state index contributed by atoms with van der Waals surface area (Å²) in [5.74, 6) is 0. The van der Waals surface area contributed by atoms with E-state index in [0.29, 0.717) is 18.8 Å². The van der Waals surface area contributed by atoms with Crippen molar-refractivity contribution in [1.29, 1.82) is 0 Å². The molecule has 23 heavy (non-hydrogen) atoms. The first kappa shape index (κ1) is 16.9. The zero-order valence-corrected chi connectivity index (χ0v) is 14.0. The summed E-state index contributed by atoms with van der Waals surface area (Å²) in [6.45, 7) is 8.60. The number of carbonyl (C=O) groups excluding carboxylic acids is 2. The number of hydrogen-bond donors (Lipinski definition) is 1. The predicted molar refractivity (Wildman–Crippen MR) is 89.0 cm³/mol. The molecule has 6 heteroatoms. The molecule has 1 heterocycles. The zero-order chi connectivity index (χ0) is 17.0. The third kappa shape index (κ3) is 4.03. The number of nitrogens with zero attached hydrogens (tertiary/aromatic N) is 2. The van der Waals surface area contributed by atoms with E-state index in [4.69, 9.17) is 4.74 Å². The van der Waals surface area contributed by atoms with E-state index in [-0.39, 0.29) is 12.6 Å². The van der Waals surface area contributed by atoms with Crippen LogP contribution in [-0.4, -0.2) is 41.8 Å². The van der Waals surface area contributed by atoms with Crippen molar-refractivity contribution in [2.24, 2.45) is 0 Å². The fourth-order valence-electron chi connectivity index (χ4n) is 2.34. The number of carbonyl (C=O) groups is 2. The molecule has 0 saturated carbocycles. The molecule has 0 aromatic heterocycles. The molecule has 6 nitrogen and oxygen atoms in total. The first-order valence-electron chi connectivity index (χ1n) is 7.67. The molecule has 2 rings (SSSR count). The van der Waals surface area contributed by atoms with Crippen molar-refractivity contribution in [1.82, 2.24) is 10.0 Å². The minimum absolute atomic E-state index is 0.268. The molecule has 1 aliphatic heterocycles. The third-order valence-corrected chi connectivity index (χ3v) is 3.78. The lowest BCUT2D eigenvalue weighted by atomic mass is 10.1. The first-order valence-corrected chi connectivity index (χ1v) is 7.67. The molecule has 124 valence electrons. The highest BCUT2D eigenvalue weighted by atomic mass is 16.6. The van der Waals surface area contributed by atoms with Gasteiger partial charge in [-0.15, -0.1) is 0 Å². The lowest BCUT2D eigenvalue weighted by molar-refractivity contribution is 0.0153. The summed E-state index contributed by atoms with van der Waals surface area (Å²) < 4.78 is 5.06. The number of hydrogen-bond acceptors (Lipinski definition) is 3. The van der Waals surface area contributed by atoms with Gasteiger partial charge >= 0.3 is 12.1 Å². The van der Waals surface area contributed by atoms with Gasteiger partial charge in [0.05, 0.1) is 19.7 Å². The van der Waals surface area contributed by atoms with Crippen LogP contribution in [0.25, 0.3) is 0 Å². The number of rotatable bonds is 2. The minimum Gasteiger partial charge on any atom is -0.448 e. The lowest BCUT2D eigenvalue weighted by Gasteiger charge is -2.38. The van der Waals surface area contributed by atoms with Crippen molar-refractivity contribution in [3.05, 3.63) is 41.0 Å². The Morgan fingerprint density at radius 3 is 2.39 bits per heavy atom. The second kappa shape index (κ2) is 7.17. The van der Waals surface area contributed by atoms with Crippen LogP contribution >= 0.6 is 0 Å². The van der Waals surface area contributed by atoms with Gasteiger partial charge in [0, 0.05) is 5.69 Å². The molecule has 0 fully saturated rings. The second-order valence-corrected chi connectivity index (χ2v) is 5.67. The Labute approximate surface area is 136 Å². The van der Waals surface area contributed by atoms with Gasteiger partial charge in [0.25, 0.3) is 0 Å². The number of benzene rings is 1. The summed E-state index contributed by atoms with van der Waals surface area (Å²) in [5, 5.41) is 5.57. The number of aryl methyl sites for hydroxylation is 1. The topological polar surface area (TPSA) is 61.9 Å². The summed E-state index contributed by atoms with van der Waals surface area (Å²) in [6.07, 6.45) is -0.515. The van der Waals surface area contributed by atoms with Crippen molar-refractivity contribution >= 4 is 17.8 Å². The van der Waals surface area contributed by atoms with Crippen LogP contribution in [0, 0.1) is 6.92 Å². The summed E-state index contributed by atoms with van der Waals surface area (Å²) in [4.78, 5) is 24.7. The molecule has 1 aliphatic rings. The average Bonchev–Trinajstić information content (AvgIpc) is 2.49. The number of ether oxygens (including phenoxy) is 1. The van der Waals surface area contributed by atoms with Crippen LogP contribution in [0.2, 0.25) is 0 Å². The van der Waals surface area contributed by atoms with Crippen LogP contribution in [0.1, 0.15) is 26.3 Å². The lowest BCUT2D eigenvalue weighted by Crippen LogP contribution is -2.55. The molecule has 0 unspecified atom stereocenters. The molecule has 1 N–H and O–H groups in total. The van der Waals surface area contributed by atoms with E-state index < -0.39 is 6.09 Å². The monoisotopic (exact) mass is 317 g/mol. The third-order valence-electron chi connectivity index (χ3n) is 3.78. The fraction of sp³-hybridized carbons (Fsp3) is 0.412. The van der Waals surface area contributed by atoms with Crippen LogP contribution in [-0.2, 0) is 4.74 Å². The highest BCUT2D eigenvalue weighted by molar-refractivity contribution is 5.90. The van der Waals surface area contributed by atoms with E-state index in [1.807, 2.05) is 45.0 Å². The Bertz CT molecular complexity index is 640. The Morgan fingerprint density at radius 1 is 1.13 bits per heavy atom. The minimum atomic E-state index is -0.515. The van der Waals surface area contributed by atoms with Crippen molar-refractivity contribution in [2.45, 2.75) is 27.7 Å². The SMILES string of the molecule is CCOC(=O)N1CC(C)=C(C)CN1C(=O)Nc1cccc(C)c1. The molecule has 0 bridgehead atoms. The summed E-state index contributed by atoms with van der Waals surface area (Å²) in [6, 6.07) is 7.18. The number of urea groups is 1. The summed E-state index contributed by atoms with van der Waals surface area (Å²) in [5.41, 5.74) is 3.89. The molecular weight excluding hydrogens is 294 g/mol. The van der Waals surface area contributed by atoms with E-state index in [1.165, 1.54) is 10.0 Å². The molecule has 1 aromatic carbocycles. The highest BCUT2D eigenvalue weighted by Gasteiger charge is 2.31. The van der Waals surface area contributed by atoms with E-state index in [0.717, 1.165) is 16.7 Å². The van der Waals surface area contributed by atoms with E-state index >= 15 is 0 Å². The van der Waals surface area contributed by atoms with Crippen LogP contribution in [0.3, 0.4) is 0 Å². The van der Waals surface area contributed by atoms with Crippen LogP contribution < -0.4 is 5.32 Å². The van der Waals surface area contributed by atoms with Gasteiger partial charge in [-0.05, 0) is 45.4 Å². The molecule has 0 spiro atoms. The highest BCUT2D eigenvalue weighted by Crippen LogP contribution is 2.20. The van der Waals surface area contributed by atoms with Crippen LogP contribution in [0.5, 0.6) is 0 Å². The smallest absolute Gasteiger partial charge is 0.429 e.